The number of aromatic nitrogens is 3. The summed E-state index contributed by atoms with van der Waals surface area (Å²) < 4.78 is 5.05. The van der Waals surface area contributed by atoms with Gasteiger partial charge in [0.15, 0.2) is 0 Å². The van der Waals surface area contributed by atoms with Crippen molar-refractivity contribution in [3.05, 3.63) is 0 Å². The molecular formula is C12H23N5O2. The summed E-state index contributed by atoms with van der Waals surface area (Å²) in [6, 6.07) is 0.298. The van der Waals surface area contributed by atoms with Crippen molar-refractivity contribution >= 4 is 11.9 Å². The van der Waals surface area contributed by atoms with E-state index in [4.69, 9.17) is 9.84 Å². The Morgan fingerprint density at radius 2 is 1.68 bits per heavy atom. The van der Waals surface area contributed by atoms with Crippen LogP contribution in [0.5, 0.6) is 6.01 Å². The molecule has 0 aliphatic carbocycles. The van der Waals surface area contributed by atoms with Crippen LogP contribution < -0.4 is 15.4 Å². The van der Waals surface area contributed by atoms with Crippen molar-refractivity contribution < 1.29 is 9.84 Å². The number of unbranched alkanes of at least 4 members (excludes halogenated alkanes) is 2. The zero-order chi connectivity index (χ0) is 13.9. The molecule has 3 N–H and O–H groups in total. The van der Waals surface area contributed by atoms with Crippen LogP contribution in [0.15, 0.2) is 0 Å². The molecule has 0 fully saturated rings. The van der Waals surface area contributed by atoms with Gasteiger partial charge in [-0.2, -0.15) is 15.0 Å². The molecule has 1 heterocycles. The third kappa shape index (κ3) is 6.19. The minimum atomic E-state index is 0.241. The zero-order valence-electron chi connectivity index (χ0n) is 11.6. The normalized spacial score (nSPS) is 10.3. The first-order valence-electron chi connectivity index (χ1n) is 6.68. The van der Waals surface area contributed by atoms with Gasteiger partial charge in [0, 0.05) is 19.7 Å². The van der Waals surface area contributed by atoms with E-state index < -0.39 is 0 Å². The number of ether oxygens (including phenoxy) is 1. The number of anilines is 2. The van der Waals surface area contributed by atoms with Gasteiger partial charge in [-0.15, -0.1) is 0 Å². The fraction of sp³-hybridized carbons (Fsp3) is 0.750. The third-order valence-electron chi connectivity index (χ3n) is 2.45. The highest BCUT2D eigenvalue weighted by atomic mass is 16.5. The number of aliphatic hydroxyl groups excluding tert-OH is 1. The van der Waals surface area contributed by atoms with E-state index in [1.54, 1.807) is 0 Å². The fourth-order valence-electron chi connectivity index (χ4n) is 1.46. The van der Waals surface area contributed by atoms with Crippen molar-refractivity contribution in [1.29, 1.82) is 0 Å². The largest absolute Gasteiger partial charge is 0.467 e. The maximum absolute atomic E-state index is 8.69. The average molecular weight is 269 g/mol. The van der Waals surface area contributed by atoms with Gasteiger partial charge in [-0.1, -0.05) is 6.92 Å². The Morgan fingerprint density at radius 1 is 1.00 bits per heavy atom. The molecule has 0 amide bonds. The smallest absolute Gasteiger partial charge is 0.322 e. The van der Waals surface area contributed by atoms with Crippen molar-refractivity contribution in [2.45, 2.75) is 32.6 Å². The lowest BCUT2D eigenvalue weighted by atomic mass is 10.2. The first-order valence-corrected chi connectivity index (χ1v) is 6.68. The molecule has 0 spiro atoms. The first kappa shape index (κ1) is 15.4. The lowest BCUT2D eigenvalue weighted by Crippen LogP contribution is -2.11. The molecule has 0 saturated carbocycles. The van der Waals surface area contributed by atoms with E-state index in [1.807, 2.05) is 0 Å². The van der Waals surface area contributed by atoms with Crippen molar-refractivity contribution in [2.24, 2.45) is 0 Å². The van der Waals surface area contributed by atoms with Gasteiger partial charge in [0.05, 0.1) is 7.11 Å². The molecule has 0 saturated heterocycles. The molecule has 7 heteroatoms. The van der Waals surface area contributed by atoms with Crippen LogP contribution in [0.25, 0.3) is 0 Å². The van der Waals surface area contributed by atoms with Crippen LogP contribution in [0.4, 0.5) is 11.9 Å². The molecule has 0 unspecified atom stereocenters. The number of nitrogens with zero attached hydrogens (tertiary/aromatic N) is 3. The van der Waals surface area contributed by atoms with E-state index in [2.05, 4.69) is 32.5 Å². The molecule has 19 heavy (non-hydrogen) atoms. The highest BCUT2D eigenvalue weighted by Crippen LogP contribution is 2.10. The minimum absolute atomic E-state index is 0.241. The number of rotatable bonds is 10. The Labute approximate surface area is 113 Å². The predicted molar refractivity (Wildman–Crippen MR) is 74.6 cm³/mol. The van der Waals surface area contributed by atoms with Crippen LogP contribution in [-0.4, -0.2) is 46.9 Å². The van der Waals surface area contributed by atoms with E-state index >= 15 is 0 Å². The summed E-state index contributed by atoms with van der Waals surface area (Å²) in [6.07, 6.45) is 3.77. The van der Waals surface area contributed by atoms with E-state index in [0.717, 1.165) is 38.8 Å². The summed E-state index contributed by atoms with van der Waals surface area (Å²) in [5.74, 6) is 1.03. The quantitative estimate of drug-likeness (QED) is 0.551. The molecule has 0 bridgehead atoms. The number of hydrogen-bond acceptors (Lipinski definition) is 7. The highest BCUT2D eigenvalue weighted by Gasteiger charge is 2.05. The summed E-state index contributed by atoms with van der Waals surface area (Å²) in [5, 5.41) is 14.9. The molecule has 7 nitrogen and oxygen atoms in total. The van der Waals surface area contributed by atoms with Gasteiger partial charge in [-0.3, -0.25) is 0 Å². The standard InChI is InChI=1S/C12H23N5O2/c1-3-7-13-10-15-11(17-12(16-10)19-2)14-8-5-4-6-9-18/h18H,3-9H2,1-2H3,(H2,13,14,15,16,17). The number of nitrogens with one attached hydrogen (secondary N) is 2. The molecule has 1 aromatic heterocycles. The van der Waals surface area contributed by atoms with Crippen LogP contribution in [0.1, 0.15) is 32.6 Å². The summed E-state index contributed by atoms with van der Waals surface area (Å²) >= 11 is 0. The van der Waals surface area contributed by atoms with Crippen LogP contribution in [0.3, 0.4) is 0 Å². The number of methoxy groups -OCH3 is 1. The SMILES string of the molecule is CCCNc1nc(NCCCCCO)nc(OC)n1. The van der Waals surface area contributed by atoms with Crippen molar-refractivity contribution in [1.82, 2.24) is 15.0 Å². The fourth-order valence-corrected chi connectivity index (χ4v) is 1.46. The van der Waals surface area contributed by atoms with Crippen molar-refractivity contribution in [2.75, 3.05) is 37.4 Å². The monoisotopic (exact) mass is 269 g/mol. The summed E-state index contributed by atoms with van der Waals surface area (Å²) in [7, 11) is 1.53. The number of hydrogen-bond donors (Lipinski definition) is 3. The van der Waals surface area contributed by atoms with Crippen molar-refractivity contribution in [3.8, 4) is 6.01 Å². The van der Waals surface area contributed by atoms with E-state index in [0.29, 0.717) is 17.9 Å². The molecule has 0 aliphatic heterocycles. The lowest BCUT2D eigenvalue weighted by Gasteiger charge is -2.08. The summed E-state index contributed by atoms with van der Waals surface area (Å²) in [6.45, 7) is 3.89. The summed E-state index contributed by atoms with van der Waals surface area (Å²) in [4.78, 5) is 12.5. The van der Waals surface area contributed by atoms with Gasteiger partial charge in [-0.25, -0.2) is 0 Å². The maximum atomic E-state index is 8.69. The van der Waals surface area contributed by atoms with E-state index in [-0.39, 0.29) is 6.61 Å². The van der Waals surface area contributed by atoms with Gasteiger partial charge in [0.1, 0.15) is 0 Å². The number of aliphatic hydroxyl groups is 1. The van der Waals surface area contributed by atoms with Crippen molar-refractivity contribution in [3.63, 3.8) is 0 Å². The highest BCUT2D eigenvalue weighted by molar-refractivity contribution is 5.35. The second kappa shape index (κ2) is 9.32. The van der Waals surface area contributed by atoms with Crippen LogP contribution in [-0.2, 0) is 0 Å². The lowest BCUT2D eigenvalue weighted by molar-refractivity contribution is 0.283. The van der Waals surface area contributed by atoms with Gasteiger partial charge in [-0.05, 0) is 25.7 Å². The third-order valence-corrected chi connectivity index (χ3v) is 2.45. The van der Waals surface area contributed by atoms with Gasteiger partial charge < -0.3 is 20.5 Å². The molecular weight excluding hydrogens is 246 g/mol. The Bertz CT molecular complexity index is 362. The second-order valence-corrected chi connectivity index (χ2v) is 4.11. The van der Waals surface area contributed by atoms with Crippen LogP contribution in [0, 0.1) is 0 Å². The molecule has 0 radical (unpaired) electrons. The Kier molecular flexibility index (Phi) is 7.57. The summed E-state index contributed by atoms with van der Waals surface area (Å²) in [5.41, 5.74) is 0. The second-order valence-electron chi connectivity index (χ2n) is 4.11. The van der Waals surface area contributed by atoms with E-state index in [1.165, 1.54) is 7.11 Å². The average Bonchev–Trinajstić information content (AvgIpc) is 2.44. The maximum Gasteiger partial charge on any atom is 0.322 e. The Balaban J connectivity index is 2.50. The zero-order valence-corrected chi connectivity index (χ0v) is 11.6. The topological polar surface area (TPSA) is 92.2 Å². The van der Waals surface area contributed by atoms with Crippen LogP contribution >= 0.6 is 0 Å². The molecule has 0 aromatic carbocycles. The molecule has 1 aromatic rings. The van der Waals surface area contributed by atoms with Crippen LogP contribution in [0.2, 0.25) is 0 Å². The minimum Gasteiger partial charge on any atom is -0.467 e. The van der Waals surface area contributed by atoms with Gasteiger partial charge in [0.25, 0.3) is 0 Å². The molecule has 0 aliphatic rings. The Morgan fingerprint density at radius 3 is 2.26 bits per heavy atom. The molecule has 108 valence electrons. The van der Waals surface area contributed by atoms with E-state index in [9.17, 15) is 0 Å². The van der Waals surface area contributed by atoms with Gasteiger partial charge in [0.2, 0.25) is 11.9 Å². The Hall–Kier alpha value is -1.63. The predicted octanol–water partition coefficient (Wildman–Crippen LogP) is 1.28. The van der Waals surface area contributed by atoms with Gasteiger partial charge >= 0.3 is 6.01 Å². The first-order chi connectivity index (χ1) is 9.30. The molecule has 1 rings (SSSR count). The molecule has 0 atom stereocenters.